The van der Waals surface area contributed by atoms with Crippen molar-refractivity contribution in [3.05, 3.63) is 22.8 Å². The molecular formula is C12H14ClN3O. The highest BCUT2D eigenvalue weighted by Gasteiger charge is 2.19. The summed E-state index contributed by atoms with van der Waals surface area (Å²) in [5.41, 5.74) is 0.532. The van der Waals surface area contributed by atoms with Crippen molar-refractivity contribution in [1.82, 2.24) is 4.98 Å². The Morgan fingerprint density at radius 3 is 2.76 bits per heavy atom. The average molecular weight is 252 g/mol. The van der Waals surface area contributed by atoms with E-state index in [2.05, 4.69) is 16.0 Å². The molecule has 0 unspecified atom stereocenters. The summed E-state index contributed by atoms with van der Waals surface area (Å²) in [5.74, 6) is 1.14. The first-order valence-corrected chi connectivity index (χ1v) is 6.04. The van der Waals surface area contributed by atoms with E-state index in [0.29, 0.717) is 16.6 Å². The zero-order chi connectivity index (χ0) is 12.3. The topological polar surface area (TPSA) is 60.2 Å². The Labute approximate surface area is 105 Å². The fourth-order valence-electron chi connectivity index (χ4n) is 2.05. The molecule has 1 fully saturated rings. The minimum absolute atomic E-state index is 0.250. The van der Waals surface area contributed by atoms with Gasteiger partial charge in [-0.25, -0.2) is 4.98 Å². The van der Waals surface area contributed by atoms with Crippen LogP contribution in [0.4, 0.5) is 5.82 Å². The monoisotopic (exact) mass is 251 g/mol. The Morgan fingerprint density at radius 2 is 2.18 bits per heavy atom. The zero-order valence-electron chi connectivity index (χ0n) is 9.43. The van der Waals surface area contributed by atoms with E-state index < -0.39 is 0 Å². The van der Waals surface area contributed by atoms with E-state index in [1.807, 2.05) is 0 Å². The first-order valence-electron chi connectivity index (χ1n) is 5.66. The fraction of sp³-hybridized carbons (Fsp3) is 0.500. The number of nitriles is 1. The van der Waals surface area contributed by atoms with Gasteiger partial charge in [0.25, 0.3) is 0 Å². The van der Waals surface area contributed by atoms with Gasteiger partial charge in [-0.1, -0.05) is 11.6 Å². The third kappa shape index (κ3) is 2.87. The molecule has 0 aromatic carbocycles. The molecule has 1 aromatic heterocycles. The summed E-state index contributed by atoms with van der Waals surface area (Å²) in [6.07, 6.45) is 1.90. The molecule has 2 rings (SSSR count). The lowest BCUT2D eigenvalue weighted by Gasteiger charge is -2.32. The first-order chi connectivity index (χ1) is 8.22. The molecule has 5 heteroatoms. The number of aromatic nitrogens is 1. The van der Waals surface area contributed by atoms with Crippen molar-refractivity contribution in [2.45, 2.75) is 12.8 Å². The lowest BCUT2D eigenvalue weighted by Crippen LogP contribution is -2.35. The molecule has 0 spiro atoms. The molecule has 0 saturated carbocycles. The lowest BCUT2D eigenvalue weighted by atomic mass is 9.98. The maximum atomic E-state index is 9.08. The quantitative estimate of drug-likeness (QED) is 0.815. The number of aliphatic hydroxyl groups excluding tert-OH is 1. The highest BCUT2D eigenvalue weighted by molar-refractivity contribution is 6.29. The molecule has 1 aliphatic heterocycles. The number of halogens is 1. The van der Waals surface area contributed by atoms with E-state index >= 15 is 0 Å². The Hall–Kier alpha value is -1.31. The van der Waals surface area contributed by atoms with Gasteiger partial charge in [-0.05, 0) is 30.9 Å². The molecule has 17 heavy (non-hydrogen) atoms. The molecule has 1 aromatic rings. The summed E-state index contributed by atoms with van der Waals surface area (Å²) in [6, 6.07) is 5.39. The van der Waals surface area contributed by atoms with Gasteiger partial charge in [0.1, 0.15) is 11.0 Å². The van der Waals surface area contributed by atoms with Crippen LogP contribution < -0.4 is 4.90 Å². The van der Waals surface area contributed by atoms with Gasteiger partial charge in [-0.3, -0.25) is 0 Å². The van der Waals surface area contributed by atoms with Crippen LogP contribution in [0, 0.1) is 17.2 Å². The molecular weight excluding hydrogens is 238 g/mol. The van der Waals surface area contributed by atoms with E-state index in [9.17, 15) is 0 Å². The largest absolute Gasteiger partial charge is 0.396 e. The predicted octanol–water partition coefficient (Wildman–Crippen LogP) is 1.82. The van der Waals surface area contributed by atoms with Crippen LogP contribution >= 0.6 is 11.6 Å². The number of hydrogen-bond donors (Lipinski definition) is 1. The summed E-state index contributed by atoms with van der Waals surface area (Å²) in [6.45, 7) is 1.95. The Kier molecular flexibility index (Phi) is 3.82. The number of rotatable bonds is 2. The number of pyridine rings is 1. The average Bonchev–Trinajstić information content (AvgIpc) is 2.38. The van der Waals surface area contributed by atoms with Crippen molar-refractivity contribution in [2.75, 3.05) is 24.6 Å². The Bertz CT molecular complexity index is 436. The molecule has 2 heterocycles. The summed E-state index contributed by atoms with van der Waals surface area (Å²) < 4.78 is 0. The van der Waals surface area contributed by atoms with Crippen molar-refractivity contribution in [3.63, 3.8) is 0 Å². The molecule has 1 aliphatic rings. The standard InChI is InChI=1S/C12H14ClN3O/c13-11-5-10(7-14)6-12(15-11)16-3-1-9(8-17)2-4-16/h5-6,9,17H,1-4,8H2. The zero-order valence-corrected chi connectivity index (χ0v) is 10.2. The van der Waals surface area contributed by atoms with Crippen LogP contribution in [-0.4, -0.2) is 29.8 Å². The third-order valence-electron chi connectivity index (χ3n) is 3.11. The van der Waals surface area contributed by atoms with Gasteiger partial charge in [0.05, 0.1) is 11.6 Å². The van der Waals surface area contributed by atoms with Crippen LogP contribution in [0.1, 0.15) is 18.4 Å². The molecule has 90 valence electrons. The van der Waals surface area contributed by atoms with E-state index in [1.165, 1.54) is 0 Å². The van der Waals surface area contributed by atoms with Crippen LogP contribution in [-0.2, 0) is 0 Å². The second-order valence-electron chi connectivity index (χ2n) is 4.26. The predicted molar refractivity (Wildman–Crippen MR) is 66.0 cm³/mol. The van der Waals surface area contributed by atoms with E-state index in [0.717, 1.165) is 31.7 Å². The minimum atomic E-state index is 0.250. The molecule has 1 N–H and O–H groups in total. The van der Waals surface area contributed by atoms with Crippen LogP contribution in [0.25, 0.3) is 0 Å². The smallest absolute Gasteiger partial charge is 0.132 e. The SMILES string of the molecule is N#Cc1cc(Cl)nc(N2CCC(CO)CC2)c1. The van der Waals surface area contributed by atoms with Gasteiger partial charge >= 0.3 is 0 Å². The Morgan fingerprint density at radius 1 is 1.47 bits per heavy atom. The third-order valence-corrected chi connectivity index (χ3v) is 3.30. The maximum Gasteiger partial charge on any atom is 0.132 e. The van der Waals surface area contributed by atoms with Gasteiger partial charge in [0.15, 0.2) is 0 Å². The van der Waals surface area contributed by atoms with E-state index in [-0.39, 0.29) is 6.61 Å². The van der Waals surface area contributed by atoms with Crippen molar-refractivity contribution in [3.8, 4) is 6.07 Å². The highest BCUT2D eigenvalue weighted by atomic mass is 35.5. The van der Waals surface area contributed by atoms with Gasteiger partial charge in [0, 0.05) is 19.7 Å². The van der Waals surface area contributed by atoms with E-state index in [1.54, 1.807) is 12.1 Å². The second-order valence-corrected chi connectivity index (χ2v) is 4.65. The van der Waals surface area contributed by atoms with Gasteiger partial charge < -0.3 is 10.0 Å². The van der Waals surface area contributed by atoms with Gasteiger partial charge in [-0.2, -0.15) is 5.26 Å². The Balaban J connectivity index is 2.13. The molecule has 4 nitrogen and oxygen atoms in total. The van der Waals surface area contributed by atoms with Crippen molar-refractivity contribution >= 4 is 17.4 Å². The van der Waals surface area contributed by atoms with Crippen LogP contribution in [0.3, 0.4) is 0 Å². The summed E-state index contributed by atoms with van der Waals surface area (Å²) >= 11 is 5.88. The lowest BCUT2D eigenvalue weighted by molar-refractivity contribution is 0.203. The second kappa shape index (κ2) is 5.35. The summed E-state index contributed by atoms with van der Waals surface area (Å²) in [7, 11) is 0. The van der Waals surface area contributed by atoms with Gasteiger partial charge in [0.2, 0.25) is 0 Å². The molecule has 0 atom stereocenters. The van der Waals surface area contributed by atoms with Crippen molar-refractivity contribution in [1.29, 1.82) is 5.26 Å². The van der Waals surface area contributed by atoms with Crippen LogP contribution in [0.5, 0.6) is 0 Å². The number of anilines is 1. The van der Waals surface area contributed by atoms with Gasteiger partial charge in [-0.15, -0.1) is 0 Å². The number of piperidine rings is 1. The normalized spacial score (nSPS) is 16.9. The fourth-order valence-corrected chi connectivity index (χ4v) is 2.26. The number of nitrogens with zero attached hydrogens (tertiary/aromatic N) is 3. The molecule has 1 saturated heterocycles. The first kappa shape index (κ1) is 12.2. The number of aliphatic hydroxyl groups is 1. The maximum absolute atomic E-state index is 9.08. The van der Waals surface area contributed by atoms with Crippen LogP contribution in [0.15, 0.2) is 12.1 Å². The summed E-state index contributed by atoms with van der Waals surface area (Å²) in [4.78, 5) is 6.34. The van der Waals surface area contributed by atoms with Crippen molar-refractivity contribution < 1.29 is 5.11 Å². The summed E-state index contributed by atoms with van der Waals surface area (Å²) in [5, 5.41) is 18.3. The molecule has 0 radical (unpaired) electrons. The van der Waals surface area contributed by atoms with Crippen molar-refractivity contribution in [2.24, 2.45) is 5.92 Å². The molecule has 0 aliphatic carbocycles. The highest BCUT2D eigenvalue weighted by Crippen LogP contribution is 2.23. The van der Waals surface area contributed by atoms with Crippen LogP contribution in [0.2, 0.25) is 5.15 Å². The number of hydrogen-bond acceptors (Lipinski definition) is 4. The van der Waals surface area contributed by atoms with E-state index in [4.69, 9.17) is 22.0 Å². The molecule has 0 bridgehead atoms. The minimum Gasteiger partial charge on any atom is -0.396 e. The molecule has 0 amide bonds.